The zero-order valence-electron chi connectivity index (χ0n) is 5.42. The Kier molecular flexibility index (Phi) is 1.82. The predicted octanol–water partition coefficient (Wildman–Crippen LogP) is -0.177. The van der Waals surface area contributed by atoms with Crippen LogP contribution in [-0.4, -0.2) is 25.2 Å². The van der Waals surface area contributed by atoms with E-state index in [0.29, 0.717) is 6.54 Å². The van der Waals surface area contributed by atoms with E-state index in [1.54, 1.807) is 13.3 Å². The van der Waals surface area contributed by atoms with E-state index in [4.69, 9.17) is 0 Å². The van der Waals surface area contributed by atoms with E-state index < -0.39 is 0 Å². The number of hydrogen-bond donors (Lipinski definition) is 1. The van der Waals surface area contributed by atoms with Crippen molar-refractivity contribution in [1.29, 1.82) is 0 Å². The SMILES string of the molecule is CC(=O)C1CN=CNC1. The minimum Gasteiger partial charge on any atom is -0.376 e. The summed E-state index contributed by atoms with van der Waals surface area (Å²) in [7, 11) is 0. The molecule has 0 aromatic rings. The summed E-state index contributed by atoms with van der Waals surface area (Å²) in [5.74, 6) is 0.328. The van der Waals surface area contributed by atoms with E-state index in [1.165, 1.54) is 0 Å². The summed E-state index contributed by atoms with van der Waals surface area (Å²) in [6.45, 7) is 3.01. The summed E-state index contributed by atoms with van der Waals surface area (Å²) in [6.07, 6.45) is 1.65. The highest BCUT2D eigenvalue weighted by Gasteiger charge is 2.13. The van der Waals surface area contributed by atoms with Crippen molar-refractivity contribution in [2.75, 3.05) is 13.1 Å². The van der Waals surface area contributed by atoms with Crippen molar-refractivity contribution in [3.8, 4) is 0 Å². The first-order chi connectivity index (χ1) is 4.30. The lowest BCUT2D eigenvalue weighted by molar-refractivity contribution is -0.120. The quantitative estimate of drug-likeness (QED) is 0.529. The molecule has 0 aromatic heterocycles. The van der Waals surface area contributed by atoms with E-state index >= 15 is 0 Å². The van der Waals surface area contributed by atoms with Crippen molar-refractivity contribution >= 4 is 12.1 Å². The number of rotatable bonds is 1. The standard InChI is InChI=1S/C6H10N2O/c1-5(9)6-2-7-4-8-3-6/h4,6H,2-3H2,1H3,(H,7,8). The summed E-state index contributed by atoms with van der Waals surface area (Å²) in [5.41, 5.74) is 0. The first kappa shape index (κ1) is 6.26. The van der Waals surface area contributed by atoms with Gasteiger partial charge in [0.25, 0.3) is 0 Å². The Balaban J connectivity index is 2.44. The Morgan fingerprint density at radius 3 is 3.00 bits per heavy atom. The zero-order chi connectivity index (χ0) is 6.69. The summed E-state index contributed by atoms with van der Waals surface area (Å²) in [6, 6.07) is 0. The van der Waals surface area contributed by atoms with Crippen LogP contribution in [0.4, 0.5) is 0 Å². The van der Waals surface area contributed by atoms with Crippen molar-refractivity contribution in [2.24, 2.45) is 10.9 Å². The van der Waals surface area contributed by atoms with Crippen molar-refractivity contribution in [3.05, 3.63) is 0 Å². The Hall–Kier alpha value is -0.860. The van der Waals surface area contributed by atoms with Gasteiger partial charge < -0.3 is 5.32 Å². The predicted molar refractivity (Wildman–Crippen MR) is 35.5 cm³/mol. The van der Waals surface area contributed by atoms with Gasteiger partial charge in [-0.1, -0.05) is 0 Å². The van der Waals surface area contributed by atoms with Gasteiger partial charge in [-0.15, -0.1) is 0 Å². The molecule has 3 heteroatoms. The second kappa shape index (κ2) is 2.62. The van der Waals surface area contributed by atoms with Crippen LogP contribution in [0.15, 0.2) is 4.99 Å². The third-order valence-electron chi connectivity index (χ3n) is 1.45. The van der Waals surface area contributed by atoms with Gasteiger partial charge in [-0.3, -0.25) is 9.79 Å². The lowest BCUT2D eigenvalue weighted by Gasteiger charge is -2.14. The minimum atomic E-state index is 0.106. The van der Waals surface area contributed by atoms with Gasteiger partial charge in [0.1, 0.15) is 5.78 Å². The number of aliphatic imine (C=N–C) groups is 1. The van der Waals surface area contributed by atoms with Gasteiger partial charge in [-0.25, -0.2) is 0 Å². The molecule has 9 heavy (non-hydrogen) atoms. The van der Waals surface area contributed by atoms with Crippen LogP contribution in [0.3, 0.4) is 0 Å². The highest BCUT2D eigenvalue weighted by Crippen LogP contribution is 1.99. The van der Waals surface area contributed by atoms with Crippen LogP contribution in [0.5, 0.6) is 0 Å². The van der Waals surface area contributed by atoms with E-state index in [-0.39, 0.29) is 11.7 Å². The molecule has 0 radical (unpaired) electrons. The second-order valence-corrected chi connectivity index (χ2v) is 2.21. The summed E-state index contributed by atoms with van der Waals surface area (Å²) >= 11 is 0. The van der Waals surface area contributed by atoms with Gasteiger partial charge in [-0.2, -0.15) is 0 Å². The van der Waals surface area contributed by atoms with Gasteiger partial charge in [-0.05, 0) is 6.92 Å². The average molecular weight is 126 g/mol. The molecule has 1 heterocycles. The lowest BCUT2D eigenvalue weighted by atomic mass is 10.1. The lowest BCUT2D eigenvalue weighted by Crippen LogP contribution is -2.32. The van der Waals surface area contributed by atoms with E-state index in [0.717, 1.165) is 6.54 Å². The molecule has 3 nitrogen and oxygen atoms in total. The summed E-state index contributed by atoms with van der Waals surface area (Å²) in [5, 5.41) is 2.90. The number of ketones is 1. The zero-order valence-corrected chi connectivity index (χ0v) is 5.42. The number of hydrogen-bond acceptors (Lipinski definition) is 3. The largest absolute Gasteiger partial charge is 0.376 e. The van der Waals surface area contributed by atoms with Crippen LogP contribution >= 0.6 is 0 Å². The van der Waals surface area contributed by atoms with Crippen molar-refractivity contribution in [1.82, 2.24) is 5.32 Å². The van der Waals surface area contributed by atoms with Crippen molar-refractivity contribution < 1.29 is 4.79 Å². The van der Waals surface area contributed by atoms with Crippen LogP contribution in [0, 0.1) is 5.92 Å². The molecule has 0 spiro atoms. The van der Waals surface area contributed by atoms with Crippen LogP contribution in [-0.2, 0) is 4.79 Å². The van der Waals surface area contributed by atoms with Crippen molar-refractivity contribution in [3.63, 3.8) is 0 Å². The fraction of sp³-hybridized carbons (Fsp3) is 0.667. The number of carbonyl (C=O) groups is 1. The normalized spacial score (nSPS) is 25.2. The summed E-state index contributed by atoms with van der Waals surface area (Å²) in [4.78, 5) is 14.6. The Labute approximate surface area is 54.2 Å². The monoisotopic (exact) mass is 126 g/mol. The number of Topliss-reactive ketones (excluding diaryl/α,β-unsaturated/α-hetero) is 1. The van der Waals surface area contributed by atoms with E-state index in [2.05, 4.69) is 10.3 Å². The Morgan fingerprint density at radius 1 is 1.89 bits per heavy atom. The fourth-order valence-electron chi connectivity index (χ4n) is 0.776. The van der Waals surface area contributed by atoms with Gasteiger partial charge in [0.15, 0.2) is 0 Å². The van der Waals surface area contributed by atoms with Crippen molar-refractivity contribution in [2.45, 2.75) is 6.92 Å². The molecule has 0 saturated heterocycles. The molecule has 1 N–H and O–H groups in total. The molecule has 1 unspecified atom stereocenters. The van der Waals surface area contributed by atoms with Gasteiger partial charge in [0, 0.05) is 6.54 Å². The fourth-order valence-corrected chi connectivity index (χ4v) is 0.776. The maximum Gasteiger partial charge on any atom is 0.136 e. The maximum atomic E-state index is 10.7. The first-order valence-corrected chi connectivity index (χ1v) is 3.03. The van der Waals surface area contributed by atoms with E-state index in [1.807, 2.05) is 0 Å². The summed E-state index contributed by atoms with van der Waals surface area (Å²) < 4.78 is 0. The molecule has 0 fully saturated rings. The number of nitrogens with one attached hydrogen (secondary N) is 1. The molecule has 1 rings (SSSR count). The third-order valence-corrected chi connectivity index (χ3v) is 1.45. The Morgan fingerprint density at radius 2 is 2.67 bits per heavy atom. The van der Waals surface area contributed by atoms with Crippen LogP contribution in [0.25, 0.3) is 0 Å². The third kappa shape index (κ3) is 1.52. The molecule has 0 aromatic carbocycles. The second-order valence-electron chi connectivity index (χ2n) is 2.21. The van der Waals surface area contributed by atoms with Gasteiger partial charge in [0.2, 0.25) is 0 Å². The maximum absolute atomic E-state index is 10.7. The van der Waals surface area contributed by atoms with E-state index in [9.17, 15) is 4.79 Å². The molecule has 50 valence electrons. The molecular formula is C6H10N2O. The molecule has 0 saturated carbocycles. The highest BCUT2D eigenvalue weighted by atomic mass is 16.1. The Bertz CT molecular complexity index is 142. The highest BCUT2D eigenvalue weighted by molar-refractivity contribution is 5.79. The molecule has 0 bridgehead atoms. The molecule has 0 aliphatic carbocycles. The molecular weight excluding hydrogens is 116 g/mol. The molecule has 1 aliphatic heterocycles. The van der Waals surface area contributed by atoms with Crippen LogP contribution < -0.4 is 5.32 Å². The number of nitrogens with zero attached hydrogens (tertiary/aromatic N) is 1. The molecule has 1 atom stereocenters. The van der Waals surface area contributed by atoms with Gasteiger partial charge in [0.05, 0.1) is 18.8 Å². The molecule has 0 amide bonds. The number of carbonyl (C=O) groups excluding carboxylic acids is 1. The van der Waals surface area contributed by atoms with Crippen LogP contribution in [0.2, 0.25) is 0 Å². The van der Waals surface area contributed by atoms with Gasteiger partial charge >= 0.3 is 0 Å². The smallest absolute Gasteiger partial charge is 0.136 e. The average Bonchev–Trinajstić information content (AvgIpc) is 1.90. The van der Waals surface area contributed by atoms with Crippen LogP contribution in [0.1, 0.15) is 6.92 Å². The first-order valence-electron chi connectivity index (χ1n) is 3.03. The molecule has 1 aliphatic rings. The minimum absolute atomic E-state index is 0.106. The topological polar surface area (TPSA) is 41.5 Å².